The molecule has 1 amide bonds. The summed E-state index contributed by atoms with van der Waals surface area (Å²) < 4.78 is 43.6. The molecule has 0 saturated carbocycles. The molecule has 0 unspecified atom stereocenters. The summed E-state index contributed by atoms with van der Waals surface area (Å²) >= 11 is 0. The molecule has 12 heteroatoms. The number of ether oxygens (including phenoxy) is 1. The highest BCUT2D eigenvalue weighted by molar-refractivity contribution is 5.68. The first-order valence-corrected chi connectivity index (χ1v) is 8.03. The number of carbonyl (C=O) groups excluding carboxylic acids is 1. The van der Waals surface area contributed by atoms with E-state index < -0.39 is 18.8 Å². The van der Waals surface area contributed by atoms with Crippen molar-refractivity contribution in [1.82, 2.24) is 25.1 Å². The van der Waals surface area contributed by atoms with E-state index in [1.54, 1.807) is 13.0 Å². The van der Waals surface area contributed by atoms with E-state index in [0.717, 1.165) is 4.68 Å². The van der Waals surface area contributed by atoms with E-state index in [1.165, 1.54) is 13.2 Å². The Labute approximate surface area is 152 Å². The Morgan fingerprint density at radius 3 is 2.74 bits per heavy atom. The summed E-state index contributed by atoms with van der Waals surface area (Å²) in [4.78, 5) is 21.3. The third kappa shape index (κ3) is 4.38. The van der Waals surface area contributed by atoms with Gasteiger partial charge >= 0.3 is 12.3 Å². The predicted molar refractivity (Wildman–Crippen MR) is 90.0 cm³/mol. The van der Waals surface area contributed by atoms with E-state index >= 15 is 0 Å². The lowest BCUT2D eigenvalue weighted by molar-refractivity contribution is -0.142. The van der Waals surface area contributed by atoms with Gasteiger partial charge in [0.1, 0.15) is 18.5 Å². The number of nitrogens with zero attached hydrogens (tertiary/aromatic N) is 5. The zero-order valence-electron chi connectivity index (χ0n) is 14.6. The van der Waals surface area contributed by atoms with Crippen LogP contribution >= 0.6 is 0 Å². The van der Waals surface area contributed by atoms with Gasteiger partial charge in [-0.2, -0.15) is 23.3 Å². The van der Waals surface area contributed by atoms with Gasteiger partial charge in [0.05, 0.1) is 24.5 Å². The van der Waals surface area contributed by atoms with Crippen molar-refractivity contribution >= 4 is 17.9 Å². The van der Waals surface area contributed by atoms with E-state index in [1.807, 2.05) is 4.90 Å². The van der Waals surface area contributed by atoms with Crippen LogP contribution in [0.1, 0.15) is 5.69 Å². The molecule has 2 aromatic rings. The fraction of sp³-hybridized carbons (Fsp3) is 0.467. The number of hydrogen-bond donors (Lipinski definition) is 2. The van der Waals surface area contributed by atoms with Crippen LogP contribution in [0, 0.1) is 6.92 Å². The number of rotatable bonds is 4. The number of carbonyl (C=O) groups is 1. The molecule has 3 N–H and O–H groups in total. The zero-order chi connectivity index (χ0) is 19.8. The molecule has 1 aliphatic heterocycles. The molecule has 0 atom stereocenters. The van der Waals surface area contributed by atoms with E-state index in [-0.39, 0.29) is 12.1 Å². The summed E-state index contributed by atoms with van der Waals surface area (Å²) in [6.45, 7) is 1.26. The molecule has 1 saturated heterocycles. The van der Waals surface area contributed by atoms with Crippen molar-refractivity contribution in [3.63, 3.8) is 0 Å². The highest BCUT2D eigenvalue weighted by atomic mass is 19.4. The first-order chi connectivity index (χ1) is 12.6. The van der Waals surface area contributed by atoms with Crippen LogP contribution in [0.15, 0.2) is 12.3 Å². The largest absolute Gasteiger partial charge is 0.442 e. The van der Waals surface area contributed by atoms with Crippen LogP contribution in [-0.2, 0) is 11.3 Å². The van der Waals surface area contributed by atoms with Gasteiger partial charge < -0.3 is 20.7 Å². The average molecular weight is 385 g/mol. The zero-order valence-corrected chi connectivity index (χ0v) is 14.6. The van der Waals surface area contributed by atoms with Gasteiger partial charge in [0.25, 0.3) is 0 Å². The lowest BCUT2D eigenvalue weighted by Crippen LogP contribution is -2.54. The second-order valence-corrected chi connectivity index (χ2v) is 6.09. The molecular weight excluding hydrogens is 367 g/mol. The number of amides is 1. The van der Waals surface area contributed by atoms with Crippen molar-refractivity contribution in [3.05, 3.63) is 18.0 Å². The maximum atomic E-state index is 12.6. The standard InChI is InChI=1S/C15H18F3N7O2/c1-8-10(6-25(23-8)7-15(16,17)18)11-3-12(22-13(19)21-11)24-4-9(5-24)27-14(26)20-2/h3,6,9H,4-5,7H2,1-2H3,(H,20,26)(H2,19,21,22). The number of alkyl carbamates (subject to hydrolysis) is 1. The monoisotopic (exact) mass is 385 g/mol. The summed E-state index contributed by atoms with van der Waals surface area (Å²) in [6, 6.07) is 1.62. The van der Waals surface area contributed by atoms with E-state index in [9.17, 15) is 18.0 Å². The molecule has 3 rings (SSSR count). The van der Waals surface area contributed by atoms with Crippen LogP contribution in [-0.4, -0.2) is 58.3 Å². The number of aromatic nitrogens is 4. The fourth-order valence-electron chi connectivity index (χ4n) is 2.70. The number of alkyl halides is 3. The van der Waals surface area contributed by atoms with Crippen molar-refractivity contribution in [2.24, 2.45) is 0 Å². The summed E-state index contributed by atoms with van der Waals surface area (Å²) in [5, 5.41) is 6.25. The van der Waals surface area contributed by atoms with Crippen LogP contribution in [0.2, 0.25) is 0 Å². The van der Waals surface area contributed by atoms with Gasteiger partial charge in [-0.25, -0.2) is 9.78 Å². The van der Waals surface area contributed by atoms with Crippen LogP contribution in [0.25, 0.3) is 11.3 Å². The first kappa shape index (κ1) is 18.7. The Morgan fingerprint density at radius 2 is 2.11 bits per heavy atom. The number of hydrogen-bond acceptors (Lipinski definition) is 7. The smallest absolute Gasteiger partial charge is 0.408 e. The van der Waals surface area contributed by atoms with E-state index in [0.29, 0.717) is 35.9 Å². The molecule has 27 heavy (non-hydrogen) atoms. The molecule has 0 aliphatic carbocycles. The fourth-order valence-corrected chi connectivity index (χ4v) is 2.70. The maximum Gasteiger partial charge on any atom is 0.408 e. The molecule has 0 aromatic carbocycles. The number of nitrogens with one attached hydrogen (secondary N) is 1. The molecule has 1 fully saturated rings. The summed E-state index contributed by atoms with van der Waals surface area (Å²) in [6.07, 6.45) is -3.89. The quantitative estimate of drug-likeness (QED) is 0.817. The van der Waals surface area contributed by atoms with Gasteiger partial charge in [0, 0.05) is 24.9 Å². The van der Waals surface area contributed by atoms with Crippen molar-refractivity contribution in [2.75, 3.05) is 30.8 Å². The van der Waals surface area contributed by atoms with Crippen LogP contribution < -0.4 is 16.0 Å². The van der Waals surface area contributed by atoms with Crippen LogP contribution in [0.3, 0.4) is 0 Å². The molecule has 3 heterocycles. The van der Waals surface area contributed by atoms with Gasteiger partial charge in [0.15, 0.2) is 0 Å². The molecule has 0 bridgehead atoms. The number of aryl methyl sites for hydroxylation is 1. The van der Waals surface area contributed by atoms with E-state index in [2.05, 4.69) is 20.4 Å². The summed E-state index contributed by atoms with van der Waals surface area (Å²) in [5.41, 5.74) is 6.97. The highest BCUT2D eigenvalue weighted by Gasteiger charge is 2.32. The highest BCUT2D eigenvalue weighted by Crippen LogP contribution is 2.28. The van der Waals surface area contributed by atoms with Gasteiger partial charge in [0.2, 0.25) is 5.95 Å². The van der Waals surface area contributed by atoms with Crippen molar-refractivity contribution in [3.8, 4) is 11.3 Å². The summed E-state index contributed by atoms with van der Waals surface area (Å²) in [7, 11) is 1.47. The van der Waals surface area contributed by atoms with Crippen molar-refractivity contribution in [1.29, 1.82) is 0 Å². The Kier molecular flexibility index (Phi) is 4.81. The Hall–Kier alpha value is -3.05. The van der Waals surface area contributed by atoms with E-state index in [4.69, 9.17) is 10.5 Å². The third-order valence-electron chi connectivity index (χ3n) is 3.94. The molecular formula is C15H18F3N7O2. The second-order valence-electron chi connectivity index (χ2n) is 6.09. The van der Waals surface area contributed by atoms with Crippen molar-refractivity contribution in [2.45, 2.75) is 25.7 Å². The molecule has 146 valence electrons. The molecule has 9 nitrogen and oxygen atoms in total. The topological polar surface area (TPSA) is 111 Å². The van der Waals surface area contributed by atoms with Crippen molar-refractivity contribution < 1.29 is 22.7 Å². The lowest BCUT2D eigenvalue weighted by atomic mass is 10.1. The Balaban J connectivity index is 1.78. The second kappa shape index (κ2) is 6.93. The van der Waals surface area contributed by atoms with Gasteiger partial charge in [-0.15, -0.1) is 0 Å². The Morgan fingerprint density at radius 1 is 1.41 bits per heavy atom. The van der Waals surface area contributed by atoms with Crippen LogP contribution in [0.4, 0.5) is 29.7 Å². The first-order valence-electron chi connectivity index (χ1n) is 8.03. The number of nitrogens with two attached hydrogens (primary N) is 1. The molecule has 1 aliphatic rings. The maximum absolute atomic E-state index is 12.6. The molecule has 2 aromatic heterocycles. The molecule has 0 radical (unpaired) electrons. The minimum absolute atomic E-state index is 0.0128. The number of anilines is 2. The van der Waals surface area contributed by atoms with Crippen LogP contribution in [0.5, 0.6) is 0 Å². The summed E-state index contributed by atoms with van der Waals surface area (Å²) in [5.74, 6) is 0.485. The third-order valence-corrected chi connectivity index (χ3v) is 3.94. The predicted octanol–water partition coefficient (Wildman–Crippen LogP) is 1.34. The number of halogens is 3. The molecule has 0 spiro atoms. The average Bonchev–Trinajstić information content (AvgIpc) is 2.87. The van der Waals surface area contributed by atoms with Gasteiger partial charge in [-0.05, 0) is 6.92 Å². The number of nitrogen functional groups attached to an aromatic ring is 1. The Bertz CT molecular complexity index is 846. The minimum atomic E-state index is -4.37. The van der Waals surface area contributed by atoms with Gasteiger partial charge in [-0.3, -0.25) is 4.68 Å². The SMILES string of the molecule is CNC(=O)OC1CN(c2cc(-c3cn(CC(F)(F)F)nc3C)nc(N)n2)C1. The van der Waals surface area contributed by atoms with Gasteiger partial charge in [-0.1, -0.05) is 0 Å². The minimum Gasteiger partial charge on any atom is -0.442 e. The lowest BCUT2D eigenvalue weighted by Gasteiger charge is -2.39. The normalized spacial score (nSPS) is 14.8.